The maximum atomic E-state index is 14.1. The van der Waals surface area contributed by atoms with Crippen LogP contribution in [0.15, 0.2) is 23.1 Å². The predicted molar refractivity (Wildman–Crippen MR) is 104 cm³/mol. The van der Waals surface area contributed by atoms with Gasteiger partial charge in [-0.25, -0.2) is 9.18 Å². The van der Waals surface area contributed by atoms with Crippen LogP contribution in [0.4, 0.5) is 4.39 Å². The molecule has 26 heavy (non-hydrogen) atoms. The van der Waals surface area contributed by atoms with E-state index in [1.807, 2.05) is 22.6 Å². The molecule has 8 heteroatoms. The van der Waals surface area contributed by atoms with E-state index in [-0.39, 0.29) is 18.0 Å². The molecule has 1 fully saturated rings. The number of halogens is 2. The number of esters is 1. The Kier molecular flexibility index (Phi) is 6.25. The standard InChI is InChI=1S/C18H20FIN2O4/c1-2-26-18(24)13-11-22(4-3-21-5-7-25-8-6-21)16-10-14(19)15(20)9-12(16)17(13)23/h9-11H,2-8H2,1H3. The smallest absolute Gasteiger partial charge is 0.343 e. The molecule has 140 valence electrons. The predicted octanol–water partition coefficient (Wildman–Crippen LogP) is 2.25. The molecule has 0 spiro atoms. The van der Waals surface area contributed by atoms with Crippen molar-refractivity contribution in [3.63, 3.8) is 0 Å². The molecule has 0 unspecified atom stereocenters. The third-order valence-corrected chi connectivity index (χ3v) is 5.21. The van der Waals surface area contributed by atoms with Crippen molar-refractivity contribution in [2.24, 2.45) is 0 Å². The maximum absolute atomic E-state index is 14.1. The average Bonchev–Trinajstić information content (AvgIpc) is 2.64. The van der Waals surface area contributed by atoms with E-state index >= 15 is 0 Å². The SMILES string of the molecule is CCOC(=O)c1cn(CCN2CCOCC2)c2cc(F)c(I)cc2c1=O. The Morgan fingerprint density at radius 2 is 2.04 bits per heavy atom. The molecule has 0 saturated carbocycles. The van der Waals surface area contributed by atoms with Gasteiger partial charge in [-0.2, -0.15) is 0 Å². The first-order valence-electron chi connectivity index (χ1n) is 8.50. The lowest BCUT2D eigenvalue weighted by atomic mass is 10.1. The summed E-state index contributed by atoms with van der Waals surface area (Å²) in [7, 11) is 0. The van der Waals surface area contributed by atoms with Gasteiger partial charge in [-0.15, -0.1) is 0 Å². The van der Waals surface area contributed by atoms with Crippen LogP contribution in [0.3, 0.4) is 0 Å². The summed E-state index contributed by atoms with van der Waals surface area (Å²) in [6.07, 6.45) is 1.48. The van der Waals surface area contributed by atoms with Crippen molar-refractivity contribution >= 4 is 39.5 Å². The van der Waals surface area contributed by atoms with Crippen LogP contribution in [0.1, 0.15) is 17.3 Å². The topological polar surface area (TPSA) is 60.8 Å². The number of benzene rings is 1. The molecule has 0 atom stereocenters. The number of hydrogen-bond donors (Lipinski definition) is 0. The normalized spacial score (nSPS) is 15.3. The summed E-state index contributed by atoms with van der Waals surface area (Å²) >= 11 is 1.84. The summed E-state index contributed by atoms with van der Waals surface area (Å²) in [5.74, 6) is -1.04. The summed E-state index contributed by atoms with van der Waals surface area (Å²) in [5.41, 5.74) is 0.0250. The zero-order valence-corrected chi connectivity index (χ0v) is 16.6. The fourth-order valence-corrected chi connectivity index (χ4v) is 3.47. The lowest BCUT2D eigenvalue weighted by molar-refractivity contribution is 0.0365. The first kappa shape index (κ1) is 19.2. The van der Waals surface area contributed by atoms with E-state index in [4.69, 9.17) is 9.47 Å². The van der Waals surface area contributed by atoms with Gasteiger partial charge in [0.1, 0.15) is 11.4 Å². The maximum Gasteiger partial charge on any atom is 0.343 e. The van der Waals surface area contributed by atoms with Gasteiger partial charge >= 0.3 is 5.97 Å². The Bertz CT molecular complexity index is 878. The van der Waals surface area contributed by atoms with E-state index in [0.717, 1.165) is 19.6 Å². The van der Waals surface area contributed by atoms with Crippen molar-refractivity contribution in [3.8, 4) is 0 Å². The number of hydrogen-bond acceptors (Lipinski definition) is 5. The summed E-state index contributed by atoms with van der Waals surface area (Å²) in [6.45, 7) is 6.15. The van der Waals surface area contributed by atoms with Gasteiger partial charge in [0.05, 0.1) is 25.3 Å². The van der Waals surface area contributed by atoms with E-state index in [0.29, 0.717) is 34.2 Å². The lowest BCUT2D eigenvalue weighted by Crippen LogP contribution is -2.38. The number of carbonyl (C=O) groups is 1. The number of nitrogens with zero attached hydrogens (tertiary/aromatic N) is 2. The molecule has 1 aliphatic rings. The molecule has 0 N–H and O–H groups in total. The highest BCUT2D eigenvalue weighted by atomic mass is 127. The molecule has 0 radical (unpaired) electrons. The van der Waals surface area contributed by atoms with Crippen molar-refractivity contribution in [1.29, 1.82) is 0 Å². The summed E-state index contributed by atoms with van der Waals surface area (Å²) in [5, 5.41) is 0.323. The molecule has 0 bridgehead atoms. The molecule has 6 nitrogen and oxygen atoms in total. The summed E-state index contributed by atoms with van der Waals surface area (Å²) in [4.78, 5) is 27.1. The van der Waals surface area contributed by atoms with E-state index in [1.165, 1.54) is 18.3 Å². The van der Waals surface area contributed by atoms with Gasteiger partial charge < -0.3 is 14.0 Å². The molecule has 1 aromatic carbocycles. The van der Waals surface area contributed by atoms with Crippen LogP contribution >= 0.6 is 22.6 Å². The molecule has 0 amide bonds. The fraction of sp³-hybridized carbons (Fsp3) is 0.444. The van der Waals surface area contributed by atoms with E-state index < -0.39 is 11.4 Å². The first-order valence-corrected chi connectivity index (χ1v) is 9.58. The molecule has 1 saturated heterocycles. The molecule has 1 aromatic heterocycles. The van der Waals surface area contributed by atoms with Crippen LogP contribution in [0.5, 0.6) is 0 Å². The van der Waals surface area contributed by atoms with Crippen LogP contribution in [-0.4, -0.2) is 54.9 Å². The number of ether oxygens (including phenoxy) is 2. The van der Waals surface area contributed by atoms with Gasteiger partial charge in [0.25, 0.3) is 0 Å². The highest BCUT2D eigenvalue weighted by molar-refractivity contribution is 14.1. The fourth-order valence-electron chi connectivity index (χ4n) is 3.00. The summed E-state index contributed by atoms with van der Waals surface area (Å²) in [6, 6.07) is 2.84. The van der Waals surface area contributed by atoms with Crippen LogP contribution in [0.25, 0.3) is 10.9 Å². The Hall–Kier alpha value is -1.52. The highest BCUT2D eigenvalue weighted by Crippen LogP contribution is 2.20. The number of rotatable bonds is 5. The number of aromatic nitrogens is 1. The Morgan fingerprint density at radius 3 is 2.73 bits per heavy atom. The lowest BCUT2D eigenvalue weighted by Gasteiger charge is -2.27. The largest absolute Gasteiger partial charge is 0.462 e. The Morgan fingerprint density at radius 1 is 1.31 bits per heavy atom. The van der Waals surface area contributed by atoms with Gasteiger partial charge in [-0.05, 0) is 41.6 Å². The zero-order valence-electron chi connectivity index (χ0n) is 14.5. The van der Waals surface area contributed by atoms with Crippen LogP contribution in [-0.2, 0) is 16.0 Å². The van der Waals surface area contributed by atoms with Crippen molar-refractivity contribution in [1.82, 2.24) is 9.47 Å². The molecule has 2 heterocycles. The quantitative estimate of drug-likeness (QED) is 0.492. The minimum Gasteiger partial charge on any atom is -0.462 e. The molecular formula is C18H20FIN2O4. The Balaban J connectivity index is 2.03. The van der Waals surface area contributed by atoms with Crippen molar-refractivity contribution in [2.45, 2.75) is 13.5 Å². The van der Waals surface area contributed by atoms with Gasteiger partial charge in [-0.3, -0.25) is 9.69 Å². The number of morpholine rings is 1. The van der Waals surface area contributed by atoms with Gasteiger partial charge in [0, 0.05) is 41.3 Å². The molecule has 0 aliphatic carbocycles. The zero-order chi connectivity index (χ0) is 18.7. The van der Waals surface area contributed by atoms with Gasteiger partial charge in [0.15, 0.2) is 0 Å². The third kappa shape index (κ3) is 4.07. The second kappa shape index (κ2) is 8.45. The van der Waals surface area contributed by atoms with Crippen molar-refractivity contribution in [3.05, 3.63) is 43.5 Å². The number of pyridine rings is 1. The molecular weight excluding hydrogens is 454 g/mol. The minimum atomic E-state index is -0.654. The van der Waals surface area contributed by atoms with E-state index in [1.54, 1.807) is 11.5 Å². The van der Waals surface area contributed by atoms with Gasteiger partial charge in [-0.1, -0.05) is 0 Å². The van der Waals surface area contributed by atoms with Crippen LogP contribution in [0, 0.1) is 9.39 Å². The van der Waals surface area contributed by atoms with Crippen molar-refractivity contribution in [2.75, 3.05) is 39.5 Å². The molecule has 2 aromatic rings. The van der Waals surface area contributed by atoms with Crippen molar-refractivity contribution < 1.29 is 18.7 Å². The Labute approximate surface area is 164 Å². The number of carbonyl (C=O) groups excluding carboxylic acids is 1. The highest BCUT2D eigenvalue weighted by Gasteiger charge is 2.19. The van der Waals surface area contributed by atoms with E-state index in [9.17, 15) is 14.0 Å². The second-order valence-electron chi connectivity index (χ2n) is 6.02. The molecule has 1 aliphatic heterocycles. The van der Waals surface area contributed by atoms with Crippen LogP contribution < -0.4 is 5.43 Å². The first-order chi connectivity index (χ1) is 12.5. The average molecular weight is 474 g/mol. The minimum absolute atomic E-state index is 0.0243. The third-order valence-electron chi connectivity index (χ3n) is 4.38. The van der Waals surface area contributed by atoms with Crippen LogP contribution in [0.2, 0.25) is 0 Å². The molecule has 3 rings (SSSR count). The van der Waals surface area contributed by atoms with Gasteiger partial charge in [0.2, 0.25) is 5.43 Å². The summed E-state index contributed by atoms with van der Waals surface area (Å²) < 4.78 is 26.5. The number of fused-ring (bicyclic) bond motifs is 1. The van der Waals surface area contributed by atoms with E-state index in [2.05, 4.69) is 4.90 Å². The monoisotopic (exact) mass is 474 g/mol. The second-order valence-corrected chi connectivity index (χ2v) is 7.19.